The Kier molecular flexibility index (Phi) is 12.4. The van der Waals surface area contributed by atoms with E-state index in [0.717, 1.165) is 45.9 Å². The molecular formula is C40H48N4O5S. The molecule has 0 aliphatic carbocycles. The average molecular weight is 697 g/mol. The number of aliphatic carboxylic acids is 1. The van der Waals surface area contributed by atoms with Gasteiger partial charge in [-0.2, -0.15) is 0 Å². The SMILES string of the molecule is CCCCCCCOc1ccc(-c2cnc(-c3ccc(CC(NC(=O)c4ccc(C(C)(C)C)s4)C(=O)N4CCC(C(=O)O)C4)cc3)nc2)cc1. The average Bonchev–Trinajstić information content (AvgIpc) is 3.82. The summed E-state index contributed by atoms with van der Waals surface area (Å²) in [6.45, 7) is 9.70. The second kappa shape index (κ2) is 16.9. The molecule has 1 aliphatic rings. The zero-order valence-electron chi connectivity index (χ0n) is 29.5. The highest BCUT2D eigenvalue weighted by Crippen LogP contribution is 2.30. The van der Waals surface area contributed by atoms with Crippen LogP contribution in [0.2, 0.25) is 0 Å². The number of nitrogens with zero attached hydrogens (tertiary/aromatic N) is 3. The Hall–Kier alpha value is -4.57. The van der Waals surface area contributed by atoms with Gasteiger partial charge in [0.2, 0.25) is 5.91 Å². The lowest BCUT2D eigenvalue weighted by atomic mass is 9.95. The largest absolute Gasteiger partial charge is 0.494 e. The Bertz CT molecular complexity index is 1730. The highest BCUT2D eigenvalue weighted by Gasteiger charge is 2.35. The third-order valence-corrected chi connectivity index (χ3v) is 10.5. The lowest BCUT2D eigenvalue weighted by molar-refractivity contribution is -0.141. The minimum Gasteiger partial charge on any atom is -0.494 e. The number of hydrogen-bond donors (Lipinski definition) is 2. The van der Waals surface area contributed by atoms with Crippen LogP contribution in [-0.4, -0.2) is 63.5 Å². The number of nitrogens with one attached hydrogen (secondary N) is 1. The van der Waals surface area contributed by atoms with Crippen molar-refractivity contribution >= 4 is 29.1 Å². The molecular weight excluding hydrogens is 649 g/mol. The van der Waals surface area contributed by atoms with E-state index in [1.165, 1.54) is 37.0 Å². The van der Waals surface area contributed by atoms with E-state index in [1.807, 2.05) is 54.6 Å². The summed E-state index contributed by atoms with van der Waals surface area (Å²) < 4.78 is 5.90. The van der Waals surface area contributed by atoms with Gasteiger partial charge in [-0.1, -0.05) is 89.8 Å². The summed E-state index contributed by atoms with van der Waals surface area (Å²) in [7, 11) is 0. The first-order valence-corrected chi connectivity index (χ1v) is 18.4. The van der Waals surface area contributed by atoms with Crippen LogP contribution in [0.1, 0.15) is 86.3 Å². The molecule has 1 saturated heterocycles. The van der Waals surface area contributed by atoms with Crippen molar-refractivity contribution in [2.45, 2.75) is 84.1 Å². The van der Waals surface area contributed by atoms with Gasteiger partial charge in [0.05, 0.1) is 17.4 Å². The molecule has 5 rings (SSSR count). The highest BCUT2D eigenvalue weighted by molar-refractivity contribution is 7.14. The molecule has 2 unspecified atom stereocenters. The molecule has 1 fully saturated rings. The minimum atomic E-state index is -0.911. The quantitative estimate of drug-likeness (QED) is 0.122. The summed E-state index contributed by atoms with van der Waals surface area (Å²) in [5, 5.41) is 12.4. The summed E-state index contributed by atoms with van der Waals surface area (Å²) in [5.74, 6) is -0.672. The lowest BCUT2D eigenvalue weighted by Crippen LogP contribution is -2.49. The number of hydrogen-bond acceptors (Lipinski definition) is 7. The molecule has 1 aliphatic heterocycles. The van der Waals surface area contributed by atoms with Crippen LogP contribution in [0.5, 0.6) is 5.75 Å². The molecule has 0 bridgehead atoms. The zero-order valence-corrected chi connectivity index (χ0v) is 30.3. The normalized spacial score (nSPS) is 15.1. The number of benzene rings is 2. The number of ether oxygens (including phenoxy) is 1. The maximum absolute atomic E-state index is 13.7. The smallest absolute Gasteiger partial charge is 0.308 e. The van der Waals surface area contributed by atoms with Crippen molar-refractivity contribution in [1.82, 2.24) is 20.2 Å². The molecule has 0 spiro atoms. The lowest BCUT2D eigenvalue weighted by Gasteiger charge is -2.24. The van der Waals surface area contributed by atoms with E-state index < -0.39 is 17.9 Å². The van der Waals surface area contributed by atoms with Crippen molar-refractivity contribution in [3.8, 4) is 28.3 Å². The first-order chi connectivity index (χ1) is 24.0. The zero-order chi connectivity index (χ0) is 35.7. The summed E-state index contributed by atoms with van der Waals surface area (Å²) in [5.41, 5.74) is 3.49. The van der Waals surface area contributed by atoms with Crippen LogP contribution in [0.4, 0.5) is 0 Å². The molecule has 50 heavy (non-hydrogen) atoms. The molecule has 264 valence electrons. The number of carboxylic acids is 1. The predicted octanol–water partition coefficient (Wildman–Crippen LogP) is 7.79. The van der Waals surface area contributed by atoms with E-state index in [0.29, 0.717) is 23.7 Å². The maximum Gasteiger partial charge on any atom is 0.308 e. The first kappa shape index (κ1) is 36.7. The van der Waals surface area contributed by atoms with Crippen LogP contribution in [0.15, 0.2) is 73.1 Å². The van der Waals surface area contributed by atoms with E-state index in [-0.39, 0.29) is 30.2 Å². The Morgan fingerprint density at radius 2 is 1.60 bits per heavy atom. The van der Waals surface area contributed by atoms with Crippen LogP contribution in [0.25, 0.3) is 22.5 Å². The van der Waals surface area contributed by atoms with Gasteiger partial charge in [0.15, 0.2) is 5.82 Å². The fourth-order valence-corrected chi connectivity index (χ4v) is 6.93. The summed E-state index contributed by atoms with van der Waals surface area (Å²) in [6, 6.07) is 18.5. The van der Waals surface area contributed by atoms with Gasteiger partial charge in [-0.15, -0.1) is 11.3 Å². The van der Waals surface area contributed by atoms with E-state index in [9.17, 15) is 19.5 Å². The van der Waals surface area contributed by atoms with Gasteiger partial charge < -0.3 is 20.1 Å². The number of rotatable bonds is 15. The van der Waals surface area contributed by atoms with Crippen molar-refractivity contribution in [3.05, 3.63) is 88.4 Å². The molecule has 3 heterocycles. The Morgan fingerprint density at radius 3 is 2.22 bits per heavy atom. The number of carbonyl (C=O) groups excluding carboxylic acids is 2. The maximum atomic E-state index is 13.7. The highest BCUT2D eigenvalue weighted by atomic mass is 32.1. The summed E-state index contributed by atoms with van der Waals surface area (Å²) in [6.07, 6.45) is 10.3. The molecule has 2 aromatic heterocycles. The second-order valence-corrected chi connectivity index (χ2v) is 15.1. The van der Waals surface area contributed by atoms with Gasteiger partial charge in [0.25, 0.3) is 5.91 Å². The van der Waals surface area contributed by atoms with E-state index >= 15 is 0 Å². The molecule has 9 nitrogen and oxygen atoms in total. The van der Waals surface area contributed by atoms with Crippen molar-refractivity contribution < 1.29 is 24.2 Å². The second-order valence-electron chi connectivity index (χ2n) is 14.0. The van der Waals surface area contributed by atoms with Crippen molar-refractivity contribution in [1.29, 1.82) is 0 Å². The van der Waals surface area contributed by atoms with Crippen molar-refractivity contribution in [2.24, 2.45) is 5.92 Å². The number of carboxylic acid groups (broad SMARTS) is 1. The topological polar surface area (TPSA) is 122 Å². The van der Waals surface area contributed by atoms with Gasteiger partial charge in [0, 0.05) is 47.9 Å². The van der Waals surface area contributed by atoms with Crippen molar-refractivity contribution in [3.63, 3.8) is 0 Å². The Morgan fingerprint density at radius 1 is 0.920 bits per heavy atom. The molecule has 0 saturated carbocycles. The van der Waals surface area contributed by atoms with Crippen LogP contribution in [0.3, 0.4) is 0 Å². The summed E-state index contributed by atoms with van der Waals surface area (Å²) >= 11 is 1.42. The molecule has 10 heteroatoms. The predicted molar refractivity (Wildman–Crippen MR) is 197 cm³/mol. The number of amides is 2. The van der Waals surface area contributed by atoms with Gasteiger partial charge in [-0.25, -0.2) is 9.97 Å². The van der Waals surface area contributed by atoms with Crippen LogP contribution < -0.4 is 10.1 Å². The summed E-state index contributed by atoms with van der Waals surface area (Å²) in [4.78, 5) is 51.0. The fraction of sp³-hybridized carbons (Fsp3) is 0.425. The minimum absolute atomic E-state index is 0.0979. The van der Waals surface area contributed by atoms with Gasteiger partial charge in [0.1, 0.15) is 11.8 Å². The van der Waals surface area contributed by atoms with Gasteiger partial charge in [-0.05, 0) is 53.6 Å². The number of carbonyl (C=O) groups is 3. The third kappa shape index (κ3) is 9.78. The number of unbranched alkanes of at least 4 members (excludes halogenated alkanes) is 4. The molecule has 2 amide bonds. The van der Waals surface area contributed by atoms with E-state index in [4.69, 9.17) is 4.74 Å². The van der Waals surface area contributed by atoms with Crippen LogP contribution in [-0.2, 0) is 21.4 Å². The van der Waals surface area contributed by atoms with E-state index in [1.54, 1.807) is 23.4 Å². The molecule has 2 atom stereocenters. The number of likely N-dealkylation sites (tertiary alicyclic amines) is 1. The molecule has 2 N–H and O–H groups in total. The third-order valence-electron chi connectivity index (χ3n) is 9.03. The number of aromatic nitrogens is 2. The fourth-order valence-electron chi connectivity index (χ4n) is 5.97. The molecule has 2 aromatic carbocycles. The first-order valence-electron chi connectivity index (χ1n) is 17.6. The Labute approximate surface area is 299 Å². The standard InChI is InChI=1S/C40H48N4O5S/c1-5-6-7-8-9-22-49-32-16-14-28(15-17-32)31-24-41-36(42-25-31)29-12-10-27(11-13-29)23-33(38(46)44-21-20-30(26-44)39(47)48)43-37(45)34-18-19-35(50-34)40(2,3)4/h10-19,24-25,30,33H,5-9,20-23,26H2,1-4H3,(H,43,45)(H,47,48). The Balaban J connectivity index is 1.23. The monoisotopic (exact) mass is 696 g/mol. The van der Waals surface area contributed by atoms with Crippen molar-refractivity contribution in [2.75, 3.05) is 19.7 Å². The van der Waals surface area contributed by atoms with Gasteiger partial charge >= 0.3 is 5.97 Å². The van der Waals surface area contributed by atoms with Gasteiger partial charge in [-0.3, -0.25) is 14.4 Å². The molecule has 4 aromatic rings. The van der Waals surface area contributed by atoms with Crippen LogP contribution in [0, 0.1) is 5.92 Å². The molecule has 0 radical (unpaired) electrons. The van der Waals surface area contributed by atoms with E-state index in [2.05, 4.69) is 43.0 Å². The van der Waals surface area contributed by atoms with Crippen LogP contribution >= 0.6 is 11.3 Å². The number of thiophene rings is 1.